The van der Waals surface area contributed by atoms with Crippen molar-refractivity contribution in [1.29, 1.82) is 0 Å². The zero-order valence-electron chi connectivity index (χ0n) is 18.0. The second-order valence-electron chi connectivity index (χ2n) is 7.75. The number of alkyl halides is 1. The fourth-order valence-electron chi connectivity index (χ4n) is 3.57. The number of β-lactam (4-membered cyclic amide) rings is 1. The lowest BCUT2D eigenvalue weighted by atomic mass is 10.0. The van der Waals surface area contributed by atoms with Crippen LogP contribution in [-0.2, 0) is 44.1 Å². The number of halogens is 1. The maximum Gasteiger partial charge on any atom is 0.378 e. The fourth-order valence-corrected chi connectivity index (χ4v) is 6.85. The summed E-state index contributed by atoms with van der Waals surface area (Å²) in [6.07, 6.45) is 0.584. The van der Waals surface area contributed by atoms with Gasteiger partial charge in [0.15, 0.2) is 5.71 Å². The lowest BCUT2D eigenvalue weighted by Crippen LogP contribution is -2.74. The molecule has 2 aliphatic heterocycles. The van der Waals surface area contributed by atoms with Gasteiger partial charge in [-0.15, -0.1) is 11.3 Å². The van der Waals surface area contributed by atoms with Crippen molar-refractivity contribution in [1.82, 2.24) is 15.2 Å². The Hall–Kier alpha value is -2.27. The Morgan fingerprint density at radius 2 is 2.09 bits per heavy atom. The van der Waals surface area contributed by atoms with E-state index in [0.717, 1.165) is 4.90 Å². The summed E-state index contributed by atoms with van der Waals surface area (Å²) in [4.78, 5) is 60.7. The molecular formula is C18H15B2IN4O8S2. The van der Waals surface area contributed by atoms with Crippen molar-refractivity contribution in [3.63, 3.8) is 0 Å². The Balaban J connectivity index is 1.58. The molecule has 17 heteroatoms. The Morgan fingerprint density at radius 3 is 2.63 bits per heavy atom. The van der Waals surface area contributed by atoms with Gasteiger partial charge in [-0.3, -0.25) is 18.7 Å². The van der Waals surface area contributed by atoms with Crippen LogP contribution in [0.4, 0.5) is 0 Å². The molecule has 4 radical (unpaired) electrons. The standard InChI is InChI=1S/C18H15B2IN4O8S2/c1-7-22-9(5-34-7)10(24-33-18(2-3-18)17(29)32-20)13(26)23-11-14(27)25-12(16(28)31-19)8(4-21)6-35(30)15(11)25/h5,11,15H,2-4,6H2,1H3,(H,23,26)/b24-10-/t11-,15-,35?/m1/s1. The van der Waals surface area contributed by atoms with Crippen molar-refractivity contribution >= 4 is 90.3 Å². The van der Waals surface area contributed by atoms with Crippen LogP contribution >= 0.6 is 33.9 Å². The molecule has 1 N–H and O–H groups in total. The average molecular weight is 628 g/mol. The Morgan fingerprint density at radius 1 is 1.37 bits per heavy atom. The molecule has 3 heterocycles. The van der Waals surface area contributed by atoms with E-state index in [2.05, 4.69) is 24.8 Å². The molecule has 1 saturated carbocycles. The Bertz CT molecular complexity index is 1200. The van der Waals surface area contributed by atoms with Crippen LogP contribution in [0, 0.1) is 6.92 Å². The minimum Gasteiger partial charge on any atom is -0.540 e. The summed E-state index contributed by atoms with van der Waals surface area (Å²) >= 11 is 3.22. The highest BCUT2D eigenvalue weighted by molar-refractivity contribution is 14.1. The summed E-state index contributed by atoms with van der Waals surface area (Å²) < 4.78 is 21.7. The number of amides is 2. The number of aryl methyl sites for hydroxylation is 1. The van der Waals surface area contributed by atoms with Crippen LogP contribution in [0.15, 0.2) is 21.8 Å². The number of thiazole rings is 1. The van der Waals surface area contributed by atoms with Gasteiger partial charge in [0.25, 0.3) is 11.8 Å². The zero-order chi connectivity index (χ0) is 25.5. The van der Waals surface area contributed by atoms with E-state index in [9.17, 15) is 23.4 Å². The summed E-state index contributed by atoms with van der Waals surface area (Å²) in [7, 11) is 8.34. The van der Waals surface area contributed by atoms with E-state index < -0.39 is 51.6 Å². The number of carbonyl (C=O) groups excluding carboxylic acids is 4. The molecule has 1 unspecified atom stereocenters. The van der Waals surface area contributed by atoms with Crippen molar-refractivity contribution in [2.75, 3.05) is 10.2 Å². The van der Waals surface area contributed by atoms with Gasteiger partial charge in [-0.1, -0.05) is 27.7 Å². The fraction of sp³-hybridized carbons (Fsp3) is 0.444. The maximum atomic E-state index is 13.2. The lowest BCUT2D eigenvalue weighted by Gasteiger charge is -2.49. The van der Waals surface area contributed by atoms with E-state index in [1.165, 1.54) is 11.3 Å². The van der Waals surface area contributed by atoms with Crippen LogP contribution in [0.5, 0.6) is 0 Å². The first-order valence-electron chi connectivity index (χ1n) is 9.97. The van der Waals surface area contributed by atoms with Crippen molar-refractivity contribution in [3.8, 4) is 0 Å². The van der Waals surface area contributed by atoms with Crippen molar-refractivity contribution in [2.24, 2.45) is 5.16 Å². The number of carbonyl (C=O) groups is 4. The van der Waals surface area contributed by atoms with Gasteiger partial charge in [0.1, 0.15) is 22.8 Å². The Kier molecular flexibility index (Phi) is 7.38. The third-order valence-electron chi connectivity index (χ3n) is 5.52. The minimum absolute atomic E-state index is 0.00719. The monoisotopic (exact) mass is 628 g/mol. The number of nitrogens with one attached hydrogen (secondary N) is 1. The van der Waals surface area contributed by atoms with E-state index in [1.807, 2.05) is 22.6 Å². The van der Waals surface area contributed by atoms with Gasteiger partial charge in [-0.05, 0) is 12.5 Å². The van der Waals surface area contributed by atoms with Gasteiger partial charge >= 0.3 is 28.0 Å². The molecule has 0 bridgehead atoms. The van der Waals surface area contributed by atoms with Gasteiger partial charge in [0.2, 0.25) is 5.60 Å². The first-order valence-corrected chi connectivity index (χ1v) is 13.8. The van der Waals surface area contributed by atoms with E-state index >= 15 is 0 Å². The molecule has 1 aliphatic carbocycles. The first-order chi connectivity index (χ1) is 16.7. The molecular weight excluding hydrogens is 613 g/mol. The predicted octanol–water partition coefficient (Wildman–Crippen LogP) is -0.937. The summed E-state index contributed by atoms with van der Waals surface area (Å²) in [5.74, 6) is -3.29. The molecule has 2 amide bonds. The van der Waals surface area contributed by atoms with E-state index in [1.54, 1.807) is 12.3 Å². The molecule has 3 atom stereocenters. The molecule has 12 nitrogen and oxygen atoms in total. The third kappa shape index (κ3) is 4.64. The van der Waals surface area contributed by atoms with Crippen LogP contribution in [0.25, 0.3) is 0 Å². The predicted molar refractivity (Wildman–Crippen MR) is 132 cm³/mol. The summed E-state index contributed by atoms with van der Waals surface area (Å²) in [6.45, 7) is 1.71. The van der Waals surface area contributed by atoms with Crippen LogP contribution in [-0.4, -0.2) is 86.9 Å². The number of nitrogens with zero attached hydrogens (tertiary/aromatic N) is 3. The molecule has 0 aromatic carbocycles. The number of fused-ring (bicyclic) bond motifs is 1. The second kappa shape index (κ2) is 10.0. The molecule has 3 aliphatic rings. The molecule has 180 valence electrons. The highest BCUT2D eigenvalue weighted by Gasteiger charge is 2.58. The maximum absolute atomic E-state index is 13.2. The molecule has 4 rings (SSSR count). The molecule has 2 fully saturated rings. The summed E-state index contributed by atoms with van der Waals surface area (Å²) in [5, 5.41) is 7.51. The van der Waals surface area contributed by atoms with Crippen molar-refractivity contribution < 1.29 is 37.5 Å². The van der Waals surface area contributed by atoms with Gasteiger partial charge < -0.3 is 19.5 Å². The quantitative estimate of drug-likeness (QED) is 0.0961. The zero-order valence-corrected chi connectivity index (χ0v) is 21.8. The second-order valence-corrected chi connectivity index (χ2v) is 11.1. The molecule has 1 saturated heterocycles. The summed E-state index contributed by atoms with van der Waals surface area (Å²) in [6, 6.07) is -1.21. The van der Waals surface area contributed by atoms with Crippen LogP contribution in [0.2, 0.25) is 0 Å². The number of rotatable bonds is 8. The lowest BCUT2D eigenvalue weighted by molar-refractivity contribution is -0.150. The molecule has 0 spiro atoms. The number of aromatic nitrogens is 1. The number of hydrogen-bond donors (Lipinski definition) is 1. The van der Waals surface area contributed by atoms with Crippen molar-refractivity contribution in [2.45, 2.75) is 36.8 Å². The summed E-state index contributed by atoms with van der Waals surface area (Å²) in [5.41, 5.74) is -1.18. The smallest absolute Gasteiger partial charge is 0.378 e. The topological polar surface area (TPSA) is 154 Å². The van der Waals surface area contributed by atoms with Crippen LogP contribution in [0.1, 0.15) is 23.5 Å². The Labute approximate surface area is 221 Å². The van der Waals surface area contributed by atoms with Crippen LogP contribution < -0.4 is 5.32 Å². The highest BCUT2D eigenvalue weighted by atomic mass is 127. The number of hydrogen-bond acceptors (Lipinski definition) is 11. The van der Waals surface area contributed by atoms with Gasteiger partial charge in [0, 0.05) is 22.6 Å². The molecule has 1 aromatic heterocycles. The van der Waals surface area contributed by atoms with Gasteiger partial charge in [0.05, 0.1) is 21.6 Å². The number of oxime groups is 1. The largest absolute Gasteiger partial charge is 0.540 e. The molecule has 1 aromatic rings. The van der Waals surface area contributed by atoms with E-state index in [4.69, 9.17) is 20.9 Å². The third-order valence-corrected chi connectivity index (χ3v) is 8.87. The average Bonchev–Trinajstić information content (AvgIpc) is 3.53. The SMILES string of the molecule is [B]OC(=O)C1=C(CI)CS(=O)[C@@H]2[C@H](NC(=O)/C(=N\OC3(C(=O)O[B])CC3)c3csc(C)n3)C(=O)N12. The van der Waals surface area contributed by atoms with E-state index in [-0.39, 0.29) is 22.9 Å². The first kappa shape index (κ1) is 25.8. The van der Waals surface area contributed by atoms with Gasteiger partial charge in [-0.2, -0.15) is 0 Å². The minimum atomic E-state index is -1.61. The van der Waals surface area contributed by atoms with E-state index in [0.29, 0.717) is 27.8 Å². The normalized spacial score (nSPS) is 24.7. The van der Waals surface area contributed by atoms with Gasteiger partial charge in [-0.25, -0.2) is 14.6 Å². The van der Waals surface area contributed by atoms with Crippen LogP contribution in [0.3, 0.4) is 0 Å². The highest BCUT2D eigenvalue weighted by Crippen LogP contribution is 2.41. The van der Waals surface area contributed by atoms with Crippen molar-refractivity contribution in [3.05, 3.63) is 27.4 Å². The molecule has 35 heavy (non-hydrogen) atoms.